The summed E-state index contributed by atoms with van der Waals surface area (Å²) in [4.78, 5) is 22.7. The summed E-state index contributed by atoms with van der Waals surface area (Å²) in [5.74, 6) is 5.95. The minimum Gasteiger partial charge on any atom is -0.378 e. The second-order valence-corrected chi connectivity index (χ2v) is 19.3. The first-order valence-corrected chi connectivity index (χ1v) is 20.6. The smallest absolute Gasteiger partial charge is 0.261 e. The van der Waals surface area contributed by atoms with E-state index in [-0.39, 0.29) is 21.5 Å². The highest BCUT2D eigenvalue weighted by atomic mass is 79.9. The molecule has 2 aromatic carbocycles. The van der Waals surface area contributed by atoms with Crippen LogP contribution in [0, 0.1) is 60.8 Å². The highest BCUT2D eigenvalue weighted by molar-refractivity contribution is 9.11. The molecule has 2 aromatic heterocycles. The van der Waals surface area contributed by atoms with E-state index >= 15 is 0 Å². The lowest BCUT2D eigenvalue weighted by molar-refractivity contribution is 0.257. The Balaban J connectivity index is 0.000000166. The average molecular weight is 918 g/mol. The molecule has 6 atom stereocenters. The maximum Gasteiger partial charge on any atom is 0.261 e. The van der Waals surface area contributed by atoms with Gasteiger partial charge in [-0.3, -0.25) is 4.98 Å². The minimum atomic E-state index is -1.54. The van der Waals surface area contributed by atoms with Gasteiger partial charge in [0.15, 0.2) is 15.3 Å². The number of amidine groups is 2. The van der Waals surface area contributed by atoms with Crippen molar-refractivity contribution in [3.63, 3.8) is 0 Å². The van der Waals surface area contributed by atoms with E-state index in [0.717, 1.165) is 38.8 Å². The van der Waals surface area contributed by atoms with Gasteiger partial charge in [0, 0.05) is 46.5 Å². The van der Waals surface area contributed by atoms with Gasteiger partial charge in [-0.05, 0) is 71.1 Å². The monoisotopic (exact) mass is 916 g/mol. The highest BCUT2D eigenvalue weighted by Crippen LogP contribution is 2.67. The van der Waals surface area contributed by atoms with Crippen LogP contribution < -0.4 is 11.5 Å². The summed E-state index contributed by atoms with van der Waals surface area (Å²) < 4.78 is 83.1. The molecular formula is C38H27BrF6N8S4. The lowest BCUT2D eigenvalue weighted by atomic mass is 9.84. The molecule has 8 nitrogen and oxygen atoms in total. The van der Waals surface area contributed by atoms with Crippen molar-refractivity contribution in [3.8, 4) is 24.2 Å². The fraction of sp³-hybridized carbons (Fsp3) is 0.316. The Kier molecular flexibility index (Phi) is 12.4. The first kappa shape index (κ1) is 42.1. The summed E-state index contributed by atoms with van der Waals surface area (Å²) in [6, 6.07) is 8.15. The standard InChI is InChI=1S/C19H13F3N4S2.C15H13F3N2S.C4HBrN2S/c1-24-16-8-25-15(27-16)5-3-11-2-4-13(22)12(6-11)19(10-21)14-7-18(14,9-20)28-17(23)26-19;1-2-9-3-4-11(18)10(5-9)15(8-17)12-6-14(12,7-16)21-13(19)20-15;1-6-3-2-7-4(5)8-3/h2,4,6,8,14H,7,9-10H2,(H2,23,26);1,3-5,12H,6-8H2,(H2,19,20);2H/t14-,18-,19-;12-,14-,15-;/m11./s1. The average Bonchev–Trinajstić information content (AvgIpc) is 4.02. The largest absolute Gasteiger partial charge is 0.378 e. The molecule has 292 valence electrons. The number of nitrogens with zero attached hydrogens (tertiary/aromatic N) is 6. The number of benzene rings is 2. The van der Waals surface area contributed by atoms with E-state index in [1.54, 1.807) is 6.20 Å². The predicted molar refractivity (Wildman–Crippen MR) is 219 cm³/mol. The Morgan fingerprint density at radius 3 is 1.67 bits per heavy atom. The Hall–Kier alpha value is -4.50. The Morgan fingerprint density at radius 1 is 0.754 bits per heavy atom. The van der Waals surface area contributed by atoms with Gasteiger partial charge in [0.05, 0.1) is 22.6 Å². The molecule has 2 fully saturated rings. The van der Waals surface area contributed by atoms with E-state index < -0.39 is 70.7 Å². The number of terminal acetylenes is 1. The summed E-state index contributed by atoms with van der Waals surface area (Å²) in [5, 5.41) is 1.64. The minimum absolute atomic E-state index is 0.0337. The zero-order chi connectivity index (χ0) is 41.2. The molecule has 0 spiro atoms. The molecule has 19 heteroatoms. The quantitative estimate of drug-likeness (QED) is 0.113. The molecule has 0 saturated heterocycles. The van der Waals surface area contributed by atoms with Crippen LogP contribution in [0.15, 0.2) is 62.7 Å². The summed E-state index contributed by atoms with van der Waals surface area (Å²) in [5.41, 5.74) is 9.53. The van der Waals surface area contributed by atoms with E-state index in [0.29, 0.717) is 39.0 Å². The zero-order valence-corrected chi connectivity index (χ0v) is 34.1. The van der Waals surface area contributed by atoms with Gasteiger partial charge in [-0.1, -0.05) is 35.4 Å². The van der Waals surface area contributed by atoms with Crippen molar-refractivity contribution in [2.24, 2.45) is 33.3 Å². The maximum atomic E-state index is 14.7. The van der Waals surface area contributed by atoms with Crippen LogP contribution in [0.1, 0.15) is 40.1 Å². The van der Waals surface area contributed by atoms with E-state index in [1.165, 1.54) is 53.9 Å². The van der Waals surface area contributed by atoms with Gasteiger partial charge in [0.25, 0.3) is 10.0 Å². The second kappa shape index (κ2) is 16.8. The van der Waals surface area contributed by atoms with Gasteiger partial charge in [0.2, 0.25) is 0 Å². The Bertz CT molecular complexity index is 2460. The van der Waals surface area contributed by atoms with E-state index in [9.17, 15) is 26.3 Å². The summed E-state index contributed by atoms with van der Waals surface area (Å²) in [6.07, 6.45) is 9.09. The first-order valence-electron chi connectivity index (χ1n) is 16.5. The first-order chi connectivity index (χ1) is 27.3. The second-order valence-electron chi connectivity index (χ2n) is 13.1. The van der Waals surface area contributed by atoms with Crippen LogP contribution in [0.3, 0.4) is 0 Å². The van der Waals surface area contributed by atoms with Gasteiger partial charge in [-0.25, -0.2) is 51.0 Å². The van der Waals surface area contributed by atoms with E-state index in [1.807, 2.05) is 0 Å². The van der Waals surface area contributed by atoms with Crippen LogP contribution in [0.25, 0.3) is 9.69 Å². The molecular weight excluding hydrogens is 891 g/mol. The number of rotatable bonds is 6. The van der Waals surface area contributed by atoms with Gasteiger partial charge in [-0.2, -0.15) is 0 Å². The van der Waals surface area contributed by atoms with Crippen molar-refractivity contribution in [2.45, 2.75) is 33.4 Å². The number of thioether (sulfide) groups is 2. The van der Waals surface area contributed by atoms with Gasteiger partial charge < -0.3 is 11.5 Å². The zero-order valence-electron chi connectivity index (χ0n) is 29.2. The van der Waals surface area contributed by atoms with Crippen molar-refractivity contribution in [2.75, 3.05) is 26.7 Å². The van der Waals surface area contributed by atoms with Gasteiger partial charge >= 0.3 is 0 Å². The predicted octanol–water partition coefficient (Wildman–Crippen LogP) is 9.41. The van der Waals surface area contributed by atoms with E-state index in [2.05, 4.69) is 63.3 Å². The van der Waals surface area contributed by atoms with Crippen LogP contribution in [0.2, 0.25) is 0 Å². The molecule has 4 aliphatic rings. The molecule has 2 aliphatic carbocycles. The number of thiazole rings is 2. The maximum absolute atomic E-state index is 14.7. The van der Waals surface area contributed by atoms with Gasteiger partial charge in [0.1, 0.15) is 53.3 Å². The molecule has 4 heterocycles. The fourth-order valence-electron chi connectivity index (χ4n) is 6.93. The number of nitrogens with two attached hydrogens (primary N) is 2. The third-order valence-corrected chi connectivity index (χ3v) is 14.5. The van der Waals surface area contributed by atoms with Crippen LogP contribution in [-0.2, 0) is 11.1 Å². The molecule has 57 heavy (non-hydrogen) atoms. The van der Waals surface area contributed by atoms with Crippen LogP contribution in [-0.4, -0.2) is 56.5 Å². The molecule has 0 radical (unpaired) electrons. The highest BCUT2D eigenvalue weighted by Gasteiger charge is 2.69. The summed E-state index contributed by atoms with van der Waals surface area (Å²) in [7, 11) is 0. The molecule has 0 bridgehead atoms. The van der Waals surface area contributed by atoms with Crippen LogP contribution in [0.5, 0.6) is 0 Å². The van der Waals surface area contributed by atoms with Crippen molar-refractivity contribution in [3.05, 3.63) is 114 Å². The number of fused-ring (bicyclic) bond motifs is 2. The van der Waals surface area contributed by atoms with E-state index in [4.69, 9.17) is 31.0 Å². The number of alkyl halides is 4. The number of hydrogen-bond donors (Lipinski definition) is 2. The third-order valence-electron chi connectivity index (χ3n) is 9.82. The van der Waals surface area contributed by atoms with Crippen LogP contribution in [0.4, 0.5) is 36.3 Å². The lowest BCUT2D eigenvalue weighted by Crippen LogP contribution is -2.40. The summed E-state index contributed by atoms with van der Waals surface area (Å²) in [6.45, 7) is 10.3. The molecule has 4 N–H and O–H groups in total. The normalized spacial score (nSPS) is 27.3. The molecule has 8 rings (SSSR count). The number of halogens is 7. The van der Waals surface area contributed by atoms with Crippen molar-refractivity contribution < 1.29 is 26.3 Å². The number of hydrogen-bond acceptors (Lipinski definition) is 10. The fourth-order valence-corrected chi connectivity index (χ4v) is 11.1. The molecule has 2 aliphatic heterocycles. The van der Waals surface area contributed by atoms with Crippen molar-refractivity contribution in [1.29, 1.82) is 0 Å². The lowest BCUT2D eigenvalue weighted by Gasteiger charge is -2.34. The van der Waals surface area contributed by atoms with Crippen LogP contribution >= 0.6 is 62.1 Å². The Morgan fingerprint density at radius 2 is 1.25 bits per heavy atom. The number of aromatic nitrogens is 2. The van der Waals surface area contributed by atoms with Crippen molar-refractivity contribution in [1.82, 2.24) is 9.97 Å². The molecule has 4 aromatic rings. The topological polar surface area (TPSA) is 111 Å². The SMILES string of the molecule is C#Cc1ccc(F)c([C@@]2(CF)N=C(N)S[C@@]3(CF)C[C@H]32)c1.[C-]#[N+]c1cnc(Br)s1.[C-]#[N+]c1cnc(C#Cc2ccc(F)c([C@@]3(CF)N=C(N)S[C@@]4(CF)C[C@H]43)c2)s1. The molecule has 0 unspecified atom stereocenters. The van der Waals surface area contributed by atoms with Gasteiger partial charge in [-0.15, -0.1) is 29.1 Å². The third kappa shape index (κ3) is 8.14. The molecule has 2 saturated carbocycles. The molecule has 0 amide bonds. The van der Waals surface area contributed by atoms with Crippen molar-refractivity contribution >= 4 is 82.5 Å². The summed E-state index contributed by atoms with van der Waals surface area (Å²) >= 11 is 7.84. The number of aliphatic imine (C=N–C) groups is 2. The Labute approximate surface area is 348 Å².